The predicted molar refractivity (Wildman–Crippen MR) is 94.7 cm³/mol. The zero-order chi connectivity index (χ0) is 17.5. The Kier molecular flexibility index (Phi) is 5.16. The molecule has 25 heavy (non-hydrogen) atoms. The van der Waals surface area contributed by atoms with Gasteiger partial charge >= 0.3 is 5.97 Å². The first-order valence-corrected chi connectivity index (χ1v) is 7.66. The highest BCUT2D eigenvalue weighted by atomic mass is 16.5. The van der Waals surface area contributed by atoms with Gasteiger partial charge in [0, 0.05) is 30.8 Å². The maximum Gasteiger partial charge on any atom is 0.337 e. The van der Waals surface area contributed by atoms with Gasteiger partial charge in [-0.05, 0) is 35.9 Å². The van der Waals surface area contributed by atoms with E-state index < -0.39 is 5.97 Å². The maximum atomic E-state index is 11.6. The normalized spacial score (nSPS) is 10.1. The second-order valence-electron chi connectivity index (χ2n) is 5.18. The lowest BCUT2D eigenvalue weighted by Gasteiger charge is -2.09. The van der Waals surface area contributed by atoms with Crippen LogP contribution in [0.2, 0.25) is 0 Å². The number of hydrogen-bond acceptors (Lipinski definition) is 7. The summed E-state index contributed by atoms with van der Waals surface area (Å²) in [6.45, 7) is 0.613. The van der Waals surface area contributed by atoms with Gasteiger partial charge in [-0.15, -0.1) is 0 Å². The highest BCUT2D eigenvalue weighted by Gasteiger charge is 2.06. The Balaban J connectivity index is 1.68. The Bertz CT molecular complexity index is 855. The second kappa shape index (κ2) is 7.87. The van der Waals surface area contributed by atoms with Crippen LogP contribution in [0.5, 0.6) is 0 Å². The summed E-state index contributed by atoms with van der Waals surface area (Å²) in [5.41, 5.74) is 2.21. The van der Waals surface area contributed by atoms with E-state index in [2.05, 4.69) is 25.6 Å². The van der Waals surface area contributed by atoms with Gasteiger partial charge in [-0.1, -0.05) is 12.1 Å². The number of nitrogens with zero attached hydrogens (tertiary/aromatic N) is 3. The van der Waals surface area contributed by atoms with Crippen LogP contribution in [0.15, 0.2) is 61.1 Å². The number of carbonyl (C=O) groups excluding carboxylic acids is 1. The van der Waals surface area contributed by atoms with Crippen LogP contribution in [0.4, 0.5) is 17.5 Å². The monoisotopic (exact) mass is 335 g/mol. The van der Waals surface area contributed by atoms with Crippen LogP contribution in [0.3, 0.4) is 0 Å². The molecule has 0 radical (unpaired) electrons. The van der Waals surface area contributed by atoms with Crippen molar-refractivity contribution in [3.63, 3.8) is 0 Å². The Hall–Kier alpha value is -3.48. The molecule has 7 nitrogen and oxygen atoms in total. The van der Waals surface area contributed by atoms with E-state index in [1.54, 1.807) is 42.9 Å². The number of ether oxygens (including phenoxy) is 1. The zero-order valence-corrected chi connectivity index (χ0v) is 13.6. The van der Waals surface area contributed by atoms with E-state index in [-0.39, 0.29) is 0 Å². The molecule has 2 N–H and O–H groups in total. The van der Waals surface area contributed by atoms with Crippen molar-refractivity contribution in [2.45, 2.75) is 6.54 Å². The molecule has 0 aliphatic carbocycles. The molecule has 0 atom stereocenters. The largest absolute Gasteiger partial charge is 0.465 e. The molecule has 0 aliphatic rings. The quantitative estimate of drug-likeness (QED) is 0.669. The van der Waals surface area contributed by atoms with Crippen molar-refractivity contribution in [3.05, 3.63) is 72.2 Å². The molecule has 0 bridgehead atoms. The number of benzene rings is 1. The number of rotatable bonds is 6. The lowest BCUT2D eigenvalue weighted by molar-refractivity contribution is 0.0601. The summed E-state index contributed by atoms with van der Waals surface area (Å²) >= 11 is 0. The van der Waals surface area contributed by atoms with Crippen LogP contribution in [0.1, 0.15) is 15.9 Å². The summed E-state index contributed by atoms with van der Waals surface area (Å²) in [5.74, 6) is 0.722. The predicted octanol–water partition coefficient (Wildman–Crippen LogP) is 3.01. The highest BCUT2D eigenvalue weighted by molar-refractivity contribution is 5.90. The molecule has 0 fully saturated rings. The number of nitrogens with one attached hydrogen (secondary N) is 2. The summed E-state index contributed by atoms with van der Waals surface area (Å²) in [7, 11) is 1.35. The topological polar surface area (TPSA) is 89.0 Å². The van der Waals surface area contributed by atoms with Crippen LogP contribution in [0.25, 0.3) is 0 Å². The fourth-order valence-electron chi connectivity index (χ4n) is 2.18. The van der Waals surface area contributed by atoms with E-state index in [1.807, 2.05) is 18.2 Å². The van der Waals surface area contributed by atoms with Crippen molar-refractivity contribution in [2.24, 2.45) is 0 Å². The standard InChI is InChI=1S/C18H17N5O2/c1-25-17(24)14-5-2-6-15(10-14)22-18-20-9-7-16(23-18)21-12-13-4-3-8-19-11-13/h2-11H,12H2,1H3,(H2,20,21,22,23). The summed E-state index contributed by atoms with van der Waals surface area (Å²) in [5, 5.41) is 6.30. The van der Waals surface area contributed by atoms with E-state index in [0.717, 1.165) is 5.56 Å². The van der Waals surface area contributed by atoms with E-state index in [4.69, 9.17) is 4.74 Å². The highest BCUT2D eigenvalue weighted by Crippen LogP contribution is 2.16. The van der Waals surface area contributed by atoms with Crippen LogP contribution < -0.4 is 10.6 Å². The first kappa shape index (κ1) is 16.4. The molecule has 0 aliphatic heterocycles. The Labute approximate surface area is 145 Å². The summed E-state index contributed by atoms with van der Waals surface area (Å²) in [4.78, 5) is 24.3. The van der Waals surface area contributed by atoms with Gasteiger partial charge in [0.25, 0.3) is 0 Å². The van der Waals surface area contributed by atoms with Crippen molar-refractivity contribution in [3.8, 4) is 0 Å². The number of methoxy groups -OCH3 is 1. The Morgan fingerprint density at radius 3 is 2.88 bits per heavy atom. The molecule has 0 saturated carbocycles. The van der Waals surface area contributed by atoms with Crippen molar-refractivity contribution in [2.75, 3.05) is 17.7 Å². The van der Waals surface area contributed by atoms with Crippen LogP contribution in [0, 0.1) is 0 Å². The molecular formula is C18H17N5O2. The molecule has 0 unspecified atom stereocenters. The number of aromatic nitrogens is 3. The molecule has 7 heteroatoms. The Morgan fingerprint density at radius 2 is 2.08 bits per heavy atom. The van der Waals surface area contributed by atoms with Gasteiger partial charge in [0.05, 0.1) is 12.7 Å². The fourth-order valence-corrected chi connectivity index (χ4v) is 2.18. The minimum atomic E-state index is -0.392. The van der Waals surface area contributed by atoms with Crippen molar-refractivity contribution >= 4 is 23.4 Å². The molecule has 0 amide bonds. The van der Waals surface area contributed by atoms with Gasteiger partial charge < -0.3 is 15.4 Å². The minimum Gasteiger partial charge on any atom is -0.465 e. The van der Waals surface area contributed by atoms with Crippen LogP contribution in [-0.4, -0.2) is 28.0 Å². The van der Waals surface area contributed by atoms with E-state index in [9.17, 15) is 4.79 Å². The van der Waals surface area contributed by atoms with Crippen molar-refractivity contribution in [1.29, 1.82) is 0 Å². The van der Waals surface area contributed by atoms with Gasteiger partial charge in [-0.25, -0.2) is 9.78 Å². The van der Waals surface area contributed by atoms with Crippen molar-refractivity contribution in [1.82, 2.24) is 15.0 Å². The summed E-state index contributed by atoms with van der Waals surface area (Å²) < 4.78 is 4.72. The second-order valence-corrected chi connectivity index (χ2v) is 5.18. The van der Waals surface area contributed by atoms with Gasteiger partial charge in [-0.3, -0.25) is 4.98 Å². The smallest absolute Gasteiger partial charge is 0.337 e. The third kappa shape index (κ3) is 4.51. The minimum absolute atomic E-state index is 0.392. The molecule has 126 valence electrons. The average molecular weight is 335 g/mol. The number of hydrogen-bond donors (Lipinski definition) is 2. The number of carbonyl (C=O) groups is 1. The van der Waals surface area contributed by atoms with E-state index in [0.29, 0.717) is 29.6 Å². The van der Waals surface area contributed by atoms with E-state index >= 15 is 0 Å². The number of pyridine rings is 1. The third-order valence-electron chi connectivity index (χ3n) is 3.39. The van der Waals surface area contributed by atoms with Gasteiger partial charge in [0.2, 0.25) is 5.95 Å². The molecule has 3 rings (SSSR count). The lowest BCUT2D eigenvalue weighted by atomic mass is 10.2. The molecule has 1 aromatic carbocycles. The van der Waals surface area contributed by atoms with E-state index in [1.165, 1.54) is 7.11 Å². The lowest BCUT2D eigenvalue weighted by Crippen LogP contribution is -2.05. The molecule has 2 heterocycles. The molecule has 2 aromatic heterocycles. The van der Waals surface area contributed by atoms with Crippen LogP contribution >= 0.6 is 0 Å². The average Bonchev–Trinajstić information content (AvgIpc) is 2.67. The first-order chi connectivity index (χ1) is 12.2. The summed E-state index contributed by atoms with van der Waals surface area (Å²) in [6.07, 6.45) is 5.19. The van der Waals surface area contributed by atoms with Gasteiger partial charge in [-0.2, -0.15) is 4.98 Å². The fraction of sp³-hybridized carbons (Fsp3) is 0.111. The summed E-state index contributed by atoms with van der Waals surface area (Å²) in [6, 6.07) is 12.6. The van der Waals surface area contributed by atoms with Gasteiger partial charge in [0.1, 0.15) is 5.82 Å². The first-order valence-electron chi connectivity index (χ1n) is 7.66. The number of anilines is 3. The molecular weight excluding hydrogens is 318 g/mol. The molecule has 0 spiro atoms. The SMILES string of the molecule is COC(=O)c1cccc(Nc2nccc(NCc3cccnc3)n2)c1. The molecule has 3 aromatic rings. The van der Waals surface area contributed by atoms with Crippen molar-refractivity contribution < 1.29 is 9.53 Å². The molecule has 0 saturated heterocycles. The van der Waals surface area contributed by atoms with Gasteiger partial charge in [0.15, 0.2) is 0 Å². The number of esters is 1. The van der Waals surface area contributed by atoms with Crippen LogP contribution in [-0.2, 0) is 11.3 Å². The Morgan fingerprint density at radius 1 is 1.16 bits per heavy atom. The zero-order valence-electron chi connectivity index (χ0n) is 13.6. The third-order valence-corrected chi connectivity index (χ3v) is 3.39. The maximum absolute atomic E-state index is 11.6.